The molecule has 32 heavy (non-hydrogen) atoms. The van der Waals surface area contributed by atoms with Gasteiger partial charge in [0.25, 0.3) is 0 Å². The minimum atomic E-state index is -4.33. The first kappa shape index (κ1) is 23.3. The van der Waals surface area contributed by atoms with Crippen molar-refractivity contribution >= 4 is 17.3 Å². The number of ether oxygens (including phenoxy) is 1. The molecule has 0 bridgehead atoms. The number of halogens is 4. The zero-order chi connectivity index (χ0) is 23.0. The number of aryl methyl sites for hydroxylation is 1. The molecule has 174 valence electrons. The van der Waals surface area contributed by atoms with E-state index < -0.39 is 17.8 Å². The van der Waals surface area contributed by atoms with Crippen LogP contribution in [0.25, 0.3) is 0 Å². The lowest BCUT2D eigenvalue weighted by atomic mass is 9.76. The van der Waals surface area contributed by atoms with Gasteiger partial charge in [0.05, 0.1) is 26.7 Å². The van der Waals surface area contributed by atoms with E-state index in [0.717, 1.165) is 30.5 Å². The molecule has 4 unspecified atom stereocenters. The van der Waals surface area contributed by atoms with Crippen LogP contribution in [0.1, 0.15) is 42.9 Å². The predicted octanol–water partition coefficient (Wildman–Crippen LogP) is 6.12. The number of likely N-dealkylation sites (tertiary alicyclic amines) is 1. The lowest BCUT2D eigenvalue weighted by molar-refractivity contribution is -0.935. The van der Waals surface area contributed by atoms with Crippen LogP contribution in [0.3, 0.4) is 0 Å². The first-order valence-corrected chi connectivity index (χ1v) is 11.4. The van der Waals surface area contributed by atoms with E-state index in [1.807, 2.05) is 32.2 Å². The van der Waals surface area contributed by atoms with Crippen LogP contribution in [0.4, 0.5) is 18.9 Å². The van der Waals surface area contributed by atoms with Crippen LogP contribution in [-0.4, -0.2) is 48.6 Å². The maximum atomic E-state index is 14.7. The standard InChI is InChI=1S/C24H30ClF3N3O/c1-17-7-8-19(25)13-20(17)30-22-14-23(9-12-32-22,24(26,27)28)16-31(2)11-4-6-21(31)18-5-3-10-29-15-18/h3,5,7-8,10,13,15,21-22,30H,4,6,9,11-12,14,16H2,1-2H3/q+1. The van der Waals surface area contributed by atoms with Crippen molar-refractivity contribution in [2.75, 3.05) is 32.1 Å². The molecular weight excluding hydrogens is 439 g/mol. The van der Waals surface area contributed by atoms with E-state index >= 15 is 0 Å². The summed E-state index contributed by atoms with van der Waals surface area (Å²) >= 11 is 6.10. The van der Waals surface area contributed by atoms with Gasteiger partial charge in [-0.25, -0.2) is 0 Å². The molecule has 1 N–H and O–H groups in total. The second-order valence-corrected chi connectivity index (χ2v) is 9.94. The highest BCUT2D eigenvalue weighted by Crippen LogP contribution is 2.52. The van der Waals surface area contributed by atoms with E-state index in [2.05, 4.69) is 10.3 Å². The number of quaternary nitrogens is 1. The molecule has 2 saturated heterocycles. The third-order valence-electron chi connectivity index (χ3n) is 7.23. The lowest BCUT2D eigenvalue weighted by Gasteiger charge is -2.48. The van der Waals surface area contributed by atoms with Crippen LogP contribution in [0, 0.1) is 12.3 Å². The van der Waals surface area contributed by atoms with Crippen LogP contribution < -0.4 is 5.32 Å². The SMILES string of the molecule is Cc1ccc(Cl)cc1NC1CC(C[N+]2(C)CCCC2c2cccnc2)(C(F)(F)F)CCO1. The van der Waals surface area contributed by atoms with Gasteiger partial charge in [-0.05, 0) is 37.1 Å². The van der Waals surface area contributed by atoms with Crippen molar-refractivity contribution in [1.82, 2.24) is 4.98 Å². The summed E-state index contributed by atoms with van der Waals surface area (Å²) < 4.78 is 50.2. The fourth-order valence-electron chi connectivity index (χ4n) is 5.51. The fraction of sp³-hybridized carbons (Fsp3) is 0.542. The van der Waals surface area contributed by atoms with Crippen LogP contribution >= 0.6 is 11.6 Å². The summed E-state index contributed by atoms with van der Waals surface area (Å²) in [7, 11) is 1.97. The Morgan fingerprint density at radius 2 is 2.12 bits per heavy atom. The number of rotatable bonds is 5. The summed E-state index contributed by atoms with van der Waals surface area (Å²) in [5.74, 6) is 0. The van der Waals surface area contributed by atoms with E-state index in [4.69, 9.17) is 16.3 Å². The van der Waals surface area contributed by atoms with Gasteiger partial charge in [-0.3, -0.25) is 4.98 Å². The monoisotopic (exact) mass is 468 g/mol. The molecule has 3 heterocycles. The summed E-state index contributed by atoms with van der Waals surface area (Å²) in [6, 6.07) is 9.21. The number of aromatic nitrogens is 1. The van der Waals surface area contributed by atoms with Crippen molar-refractivity contribution in [2.45, 2.75) is 51.1 Å². The molecule has 2 aromatic rings. The first-order valence-electron chi connectivity index (χ1n) is 11.1. The Hall–Kier alpha value is -1.83. The molecule has 4 nitrogen and oxygen atoms in total. The molecule has 2 aliphatic heterocycles. The number of hydrogen-bond donors (Lipinski definition) is 1. The average molecular weight is 469 g/mol. The zero-order valence-electron chi connectivity index (χ0n) is 18.5. The molecule has 2 aliphatic rings. The third kappa shape index (κ3) is 4.61. The van der Waals surface area contributed by atoms with Crippen LogP contribution in [0.5, 0.6) is 0 Å². The predicted molar refractivity (Wildman–Crippen MR) is 119 cm³/mol. The second-order valence-electron chi connectivity index (χ2n) is 9.50. The molecular formula is C24H30ClF3N3O+. The average Bonchev–Trinajstić information content (AvgIpc) is 3.11. The van der Waals surface area contributed by atoms with Gasteiger partial charge in [0.2, 0.25) is 0 Å². The minimum Gasteiger partial charge on any atom is -0.360 e. The number of hydrogen-bond acceptors (Lipinski definition) is 3. The Kier molecular flexibility index (Phi) is 6.45. The number of nitrogens with zero attached hydrogens (tertiary/aromatic N) is 2. The molecule has 4 rings (SSSR count). The van der Waals surface area contributed by atoms with Crippen molar-refractivity contribution in [3.8, 4) is 0 Å². The summed E-state index contributed by atoms with van der Waals surface area (Å²) in [5.41, 5.74) is 0.808. The first-order chi connectivity index (χ1) is 15.1. The molecule has 0 amide bonds. The Balaban J connectivity index is 1.60. The van der Waals surface area contributed by atoms with Gasteiger partial charge in [-0.15, -0.1) is 0 Å². The second kappa shape index (κ2) is 8.84. The summed E-state index contributed by atoms with van der Waals surface area (Å²) in [6.07, 6.45) is 0.0553. The van der Waals surface area contributed by atoms with Gasteiger partial charge in [0, 0.05) is 47.9 Å². The maximum absolute atomic E-state index is 14.7. The minimum absolute atomic E-state index is 0.0207. The van der Waals surface area contributed by atoms with Crippen LogP contribution in [-0.2, 0) is 4.74 Å². The van der Waals surface area contributed by atoms with Crippen LogP contribution in [0.2, 0.25) is 5.02 Å². The quantitative estimate of drug-likeness (QED) is 0.536. The van der Waals surface area contributed by atoms with Gasteiger partial charge in [0.15, 0.2) is 0 Å². The normalized spacial score (nSPS) is 30.9. The van der Waals surface area contributed by atoms with E-state index in [1.54, 1.807) is 24.5 Å². The third-order valence-corrected chi connectivity index (χ3v) is 7.46. The topological polar surface area (TPSA) is 34.2 Å². The number of nitrogens with one attached hydrogen (secondary N) is 1. The Bertz CT molecular complexity index is 942. The molecule has 0 saturated carbocycles. The molecule has 2 fully saturated rings. The van der Waals surface area contributed by atoms with Crippen molar-refractivity contribution in [1.29, 1.82) is 0 Å². The van der Waals surface area contributed by atoms with Gasteiger partial charge < -0.3 is 14.5 Å². The van der Waals surface area contributed by atoms with Crippen molar-refractivity contribution in [2.24, 2.45) is 5.41 Å². The number of alkyl halides is 3. The molecule has 1 aromatic carbocycles. The fourth-order valence-corrected chi connectivity index (χ4v) is 5.68. The largest absolute Gasteiger partial charge is 0.400 e. The Morgan fingerprint density at radius 3 is 2.84 bits per heavy atom. The Morgan fingerprint density at radius 1 is 1.31 bits per heavy atom. The lowest BCUT2D eigenvalue weighted by Crippen LogP contribution is -2.59. The number of benzene rings is 1. The summed E-state index contributed by atoms with van der Waals surface area (Å²) in [5, 5.41) is 3.71. The molecule has 0 aliphatic carbocycles. The maximum Gasteiger partial charge on any atom is 0.400 e. The van der Waals surface area contributed by atoms with E-state index in [9.17, 15) is 13.2 Å². The summed E-state index contributed by atoms with van der Waals surface area (Å²) in [6.45, 7) is 2.72. The van der Waals surface area contributed by atoms with E-state index in [1.165, 1.54) is 0 Å². The van der Waals surface area contributed by atoms with Crippen molar-refractivity contribution in [3.05, 3.63) is 58.9 Å². The molecule has 0 spiro atoms. The highest BCUT2D eigenvalue weighted by Gasteiger charge is 2.62. The van der Waals surface area contributed by atoms with Gasteiger partial charge in [-0.2, -0.15) is 13.2 Å². The smallest absolute Gasteiger partial charge is 0.360 e. The van der Waals surface area contributed by atoms with Gasteiger partial charge in [0.1, 0.15) is 17.7 Å². The van der Waals surface area contributed by atoms with Crippen molar-refractivity contribution < 1.29 is 22.4 Å². The van der Waals surface area contributed by atoms with E-state index in [0.29, 0.717) is 15.2 Å². The Labute approximate surface area is 192 Å². The molecule has 8 heteroatoms. The number of pyridine rings is 1. The highest BCUT2D eigenvalue weighted by molar-refractivity contribution is 6.30. The molecule has 4 atom stereocenters. The van der Waals surface area contributed by atoms with E-state index in [-0.39, 0.29) is 32.0 Å². The molecule has 0 radical (unpaired) electrons. The zero-order valence-corrected chi connectivity index (χ0v) is 19.2. The number of anilines is 1. The summed E-state index contributed by atoms with van der Waals surface area (Å²) in [4.78, 5) is 4.21. The van der Waals surface area contributed by atoms with Crippen LogP contribution in [0.15, 0.2) is 42.7 Å². The van der Waals surface area contributed by atoms with Crippen molar-refractivity contribution in [3.63, 3.8) is 0 Å². The highest BCUT2D eigenvalue weighted by atomic mass is 35.5. The van der Waals surface area contributed by atoms with Gasteiger partial charge in [-0.1, -0.05) is 23.7 Å². The molecule has 1 aromatic heterocycles. The van der Waals surface area contributed by atoms with Gasteiger partial charge >= 0.3 is 6.18 Å².